The largest absolute Gasteiger partial charge is 0.465 e. The molecule has 0 bridgehead atoms. The van der Waals surface area contributed by atoms with E-state index < -0.39 is 11.8 Å². The maximum atomic E-state index is 12.4. The summed E-state index contributed by atoms with van der Waals surface area (Å²) in [6, 6.07) is 0. The van der Waals surface area contributed by atoms with E-state index in [1.165, 1.54) is 0 Å². The van der Waals surface area contributed by atoms with Crippen molar-refractivity contribution in [2.75, 3.05) is 13.2 Å². The number of rotatable bonds is 12. The fourth-order valence-corrected chi connectivity index (χ4v) is 2.86. The Kier molecular flexibility index (Phi) is 12.2. The molecule has 0 amide bonds. The molecule has 4 nitrogen and oxygen atoms in total. The normalized spacial score (nSPS) is 19.9. The number of unbranched alkanes of at least 4 members (excludes halogenated alkanes) is 2. The summed E-state index contributed by atoms with van der Waals surface area (Å²) in [5, 5.41) is 0. The molecule has 0 aromatic rings. The summed E-state index contributed by atoms with van der Waals surface area (Å²) in [5.74, 6) is -1.52. The van der Waals surface area contributed by atoms with Crippen molar-refractivity contribution in [3.05, 3.63) is 36.5 Å². The first-order valence-electron chi connectivity index (χ1n) is 10.0. The van der Waals surface area contributed by atoms with Crippen LogP contribution in [0.1, 0.15) is 65.2 Å². The molecule has 2 atom stereocenters. The van der Waals surface area contributed by atoms with Crippen molar-refractivity contribution in [2.45, 2.75) is 65.2 Å². The van der Waals surface area contributed by atoms with Gasteiger partial charge < -0.3 is 9.47 Å². The summed E-state index contributed by atoms with van der Waals surface area (Å²) in [6.45, 7) is 4.97. The summed E-state index contributed by atoms with van der Waals surface area (Å²) in [4.78, 5) is 24.7. The fraction of sp³-hybridized carbons (Fsp3) is 0.636. The van der Waals surface area contributed by atoms with E-state index in [0.29, 0.717) is 19.6 Å². The van der Waals surface area contributed by atoms with Gasteiger partial charge in [-0.3, -0.25) is 9.59 Å². The molecule has 0 aliphatic heterocycles. The van der Waals surface area contributed by atoms with Gasteiger partial charge >= 0.3 is 11.9 Å². The van der Waals surface area contributed by atoms with Gasteiger partial charge in [0, 0.05) is 0 Å². The molecule has 0 fully saturated rings. The van der Waals surface area contributed by atoms with Gasteiger partial charge in [0.05, 0.1) is 25.0 Å². The predicted molar refractivity (Wildman–Crippen MR) is 105 cm³/mol. The van der Waals surface area contributed by atoms with Gasteiger partial charge in [-0.25, -0.2) is 0 Å². The summed E-state index contributed by atoms with van der Waals surface area (Å²) < 4.78 is 10.8. The summed E-state index contributed by atoms with van der Waals surface area (Å²) in [7, 11) is 0. The Hall–Kier alpha value is -1.84. The standard InChI is InChI=1S/C22H34O4/c1-3-5-7-9-13-17-25-21(23)19-15-11-12-16-20(19)22(24)26-18-14-10-8-6-4-2/h5-8,11,15,19-20H,3-4,9-10,12-14,16-18H2,1-2H3/b7-5+,8-6+. The minimum Gasteiger partial charge on any atom is -0.465 e. The molecule has 0 saturated heterocycles. The van der Waals surface area contributed by atoms with Gasteiger partial charge in [0.25, 0.3) is 0 Å². The van der Waals surface area contributed by atoms with Crippen molar-refractivity contribution in [1.82, 2.24) is 0 Å². The molecule has 26 heavy (non-hydrogen) atoms. The number of carbonyl (C=O) groups excluding carboxylic acids is 2. The Balaban J connectivity index is 2.37. The van der Waals surface area contributed by atoms with Gasteiger partial charge in [-0.05, 0) is 51.4 Å². The number of hydrogen-bond donors (Lipinski definition) is 0. The second-order valence-corrected chi connectivity index (χ2v) is 6.52. The summed E-state index contributed by atoms with van der Waals surface area (Å²) in [5.41, 5.74) is 0. The molecule has 146 valence electrons. The SMILES string of the molecule is CC/C=C/CCCOC(=O)C1C=CCCC1C(=O)OCCC/C=C/CC. The second kappa shape index (κ2) is 14.3. The van der Waals surface area contributed by atoms with Gasteiger partial charge in [0.1, 0.15) is 0 Å². The quantitative estimate of drug-likeness (QED) is 0.274. The molecular weight excluding hydrogens is 328 g/mol. The number of carbonyl (C=O) groups is 2. The smallest absolute Gasteiger partial charge is 0.313 e. The number of esters is 2. The highest BCUT2D eigenvalue weighted by molar-refractivity contribution is 5.83. The zero-order chi connectivity index (χ0) is 19.0. The van der Waals surface area contributed by atoms with Gasteiger partial charge in [0.2, 0.25) is 0 Å². The topological polar surface area (TPSA) is 52.6 Å². The van der Waals surface area contributed by atoms with E-state index in [-0.39, 0.29) is 11.9 Å². The van der Waals surface area contributed by atoms with Crippen LogP contribution in [0.4, 0.5) is 0 Å². The van der Waals surface area contributed by atoms with Crippen molar-refractivity contribution < 1.29 is 19.1 Å². The van der Waals surface area contributed by atoms with Gasteiger partial charge in [-0.2, -0.15) is 0 Å². The predicted octanol–water partition coefficient (Wildman–Crippen LogP) is 5.15. The van der Waals surface area contributed by atoms with Crippen molar-refractivity contribution in [3.63, 3.8) is 0 Å². The van der Waals surface area contributed by atoms with Crippen LogP contribution in [-0.2, 0) is 19.1 Å². The van der Waals surface area contributed by atoms with E-state index in [0.717, 1.165) is 44.9 Å². The maximum Gasteiger partial charge on any atom is 0.313 e. The Labute approximate surface area is 158 Å². The molecular formula is C22H34O4. The van der Waals surface area contributed by atoms with Crippen LogP contribution < -0.4 is 0 Å². The number of ether oxygens (including phenoxy) is 2. The van der Waals surface area contributed by atoms with Crippen molar-refractivity contribution in [2.24, 2.45) is 11.8 Å². The lowest BCUT2D eigenvalue weighted by Crippen LogP contribution is -2.33. The molecule has 2 unspecified atom stereocenters. The summed E-state index contributed by atoms with van der Waals surface area (Å²) in [6.07, 6.45) is 19.1. The second-order valence-electron chi connectivity index (χ2n) is 6.52. The zero-order valence-corrected chi connectivity index (χ0v) is 16.3. The van der Waals surface area contributed by atoms with Crippen molar-refractivity contribution in [1.29, 1.82) is 0 Å². The van der Waals surface area contributed by atoms with E-state index in [1.807, 2.05) is 6.08 Å². The third-order valence-corrected chi connectivity index (χ3v) is 4.32. The lowest BCUT2D eigenvalue weighted by molar-refractivity contribution is -0.159. The number of allylic oxidation sites excluding steroid dienone is 5. The first kappa shape index (κ1) is 22.2. The highest BCUT2D eigenvalue weighted by Crippen LogP contribution is 2.27. The van der Waals surface area contributed by atoms with Crippen molar-refractivity contribution in [3.8, 4) is 0 Å². The fourth-order valence-electron chi connectivity index (χ4n) is 2.86. The van der Waals surface area contributed by atoms with Crippen LogP contribution in [0.15, 0.2) is 36.5 Å². The highest BCUT2D eigenvalue weighted by atomic mass is 16.5. The van der Waals surface area contributed by atoms with Crippen LogP contribution in [0.25, 0.3) is 0 Å². The number of hydrogen-bond acceptors (Lipinski definition) is 4. The van der Waals surface area contributed by atoms with Gasteiger partial charge in [-0.1, -0.05) is 50.3 Å². The van der Waals surface area contributed by atoms with Crippen LogP contribution in [0.3, 0.4) is 0 Å². The molecule has 0 aromatic carbocycles. The zero-order valence-electron chi connectivity index (χ0n) is 16.3. The molecule has 0 radical (unpaired) electrons. The molecule has 0 saturated carbocycles. The molecule has 0 heterocycles. The van der Waals surface area contributed by atoms with Crippen LogP contribution in [-0.4, -0.2) is 25.2 Å². The highest BCUT2D eigenvalue weighted by Gasteiger charge is 2.35. The van der Waals surface area contributed by atoms with Crippen LogP contribution >= 0.6 is 0 Å². The molecule has 1 aliphatic carbocycles. The Morgan fingerprint density at radius 3 is 2.08 bits per heavy atom. The Bertz CT molecular complexity index is 490. The lowest BCUT2D eigenvalue weighted by Gasteiger charge is -2.24. The summed E-state index contributed by atoms with van der Waals surface area (Å²) >= 11 is 0. The average molecular weight is 363 g/mol. The molecule has 0 spiro atoms. The minimum absolute atomic E-state index is 0.276. The monoisotopic (exact) mass is 362 g/mol. The third kappa shape index (κ3) is 9.02. The van der Waals surface area contributed by atoms with E-state index in [2.05, 4.69) is 38.2 Å². The Morgan fingerprint density at radius 2 is 1.50 bits per heavy atom. The average Bonchev–Trinajstić information content (AvgIpc) is 2.67. The van der Waals surface area contributed by atoms with Crippen LogP contribution in [0.2, 0.25) is 0 Å². The molecule has 1 rings (SSSR count). The lowest BCUT2D eigenvalue weighted by atomic mass is 9.84. The van der Waals surface area contributed by atoms with Crippen molar-refractivity contribution >= 4 is 11.9 Å². The van der Waals surface area contributed by atoms with Gasteiger partial charge in [-0.15, -0.1) is 0 Å². The van der Waals surface area contributed by atoms with E-state index >= 15 is 0 Å². The first-order valence-corrected chi connectivity index (χ1v) is 10.0. The minimum atomic E-state index is -0.512. The van der Waals surface area contributed by atoms with Gasteiger partial charge in [0.15, 0.2) is 0 Å². The third-order valence-electron chi connectivity index (χ3n) is 4.32. The molecule has 0 aromatic heterocycles. The van der Waals surface area contributed by atoms with E-state index in [9.17, 15) is 9.59 Å². The van der Waals surface area contributed by atoms with Crippen LogP contribution in [0.5, 0.6) is 0 Å². The maximum absolute atomic E-state index is 12.4. The van der Waals surface area contributed by atoms with E-state index in [1.54, 1.807) is 6.08 Å². The molecule has 4 heteroatoms. The van der Waals surface area contributed by atoms with Crippen LogP contribution in [0, 0.1) is 11.8 Å². The first-order chi connectivity index (χ1) is 12.7. The van der Waals surface area contributed by atoms with E-state index in [4.69, 9.17) is 9.47 Å². The Morgan fingerprint density at radius 1 is 0.923 bits per heavy atom. The molecule has 0 N–H and O–H groups in total. The molecule has 1 aliphatic rings.